The second kappa shape index (κ2) is 16.7. The van der Waals surface area contributed by atoms with Crippen LogP contribution in [0.15, 0.2) is 78.6 Å². The van der Waals surface area contributed by atoms with Crippen molar-refractivity contribution in [1.29, 1.82) is 0 Å². The average molecular weight is 599 g/mol. The van der Waals surface area contributed by atoms with Crippen molar-refractivity contribution in [2.45, 2.75) is 73.3 Å². The van der Waals surface area contributed by atoms with Crippen molar-refractivity contribution in [1.82, 2.24) is 15.0 Å². The molecule has 1 atom stereocenters. The lowest BCUT2D eigenvalue weighted by molar-refractivity contribution is 0.0494. The molecular weight excluding hydrogens is 552 g/mol. The molecule has 7 heteroatoms. The van der Waals surface area contributed by atoms with Crippen molar-refractivity contribution in [2.24, 2.45) is 11.7 Å². The van der Waals surface area contributed by atoms with Gasteiger partial charge >= 0.3 is 5.97 Å². The fourth-order valence-electron chi connectivity index (χ4n) is 4.32. The molecule has 0 radical (unpaired) electrons. The molecule has 0 saturated heterocycles. The van der Waals surface area contributed by atoms with Gasteiger partial charge in [-0.05, 0) is 79.8 Å². The van der Waals surface area contributed by atoms with Gasteiger partial charge in [-0.3, -0.25) is 4.98 Å². The first kappa shape index (κ1) is 33.7. The van der Waals surface area contributed by atoms with Crippen LogP contribution in [0, 0.1) is 5.92 Å². The van der Waals surface area contributed by atoms with Gasteiger partial charge in [0.25, 0.3) is 0 Å². The number of esters is 1. The standard InChI is InChI=1S/C30H31N3O2S.C6H15N/c1-19(2)7-6-8-21(5)28-29(33-18-32-28)22-9-10-26-23(13-22)14-24(16-31-26)25-15-27(36-17-25)30(34)35-12-11-20(3)4;1-3-5-6(7)4-2/h6-10,13-18,20H,1,11-12H2,2-5H3,(H,32,33);6H,3-5,7H2,1-2H3/b7-6-,21-8+;/t;6-/m.0/s1. The van der Waals surface area contributed by atoms with Crippen molar-refractivity contribution < 1.29 is 9.53 Å². The number of allylic oxidation sites excluding steroid dienone is 5. The molecular formula is C36H46N4O2S. The van der Waals surface area contributed by atoms with E-state index in [1.54, 1.807) is 6.33 Å². The van der Waals surface area contributed by atoms with E-state index in [4.69, 9.17) is 10.5 Å². The fraction of sp³-hybridized carbons (Fsp3) is 0.361. The van der Waals surface area contributed by atoms with E-state index in [1.807, 2.05) is 55.8 Å². The molecule has 0 aliphatic heterocycles. The lowest BCUT2D eigenvalue weighted by Gasteiger charge is -2.07. The Kier molecular flexibility index (Phi) is 13.1. The molecule has 43 heavy (non-hydrogen) atoms. The third-order valence-corrected chi connectivity index (χ3v) is 7.87. The highest BCUT2D eigenvalue weighted by Gasteiger charge is 2.14. The van der Waals surface area contributed by atoms with E-state index in [0.29, 0.717) is 23.4 Å². The molecule has 3 heterocycles. The maximum Gasteiger partial charge on any atom is 0.348 e. The molecule has 0 amide bonds. The summed E-state index contributed by atoms with van der Waals surface area (Å²) in [5.74, 6) is 0.234. The number of hydrogen-bond donors (Lipinski definition) is 2. The van der Waals surface area contributed by atoms with Gasteiger partial charge in [-0.15, -0.1) is 11.3 Å². The number of nitrogens with two attached hydrogens (primary N) is 1. The highest BCUT2D eigenvalue weighted by molar-refractivity contribution is 7.12. The number of nitrogens with zero attached hydrogens (tertiary/aromatic N) is 2. The summed E-state index contributed by atoms with van der Waals surface area (Å²) in [6.45, 7) is 16.9. The molecule has 0 aliphatic carbocycles. The van der Waals surface area contributed by atoms with Gasteiger partial charge in [-0.1, -0.05) is 70.6 Å². The Bertz CT molecular complexity index is 1560. The largest absolute Gasteiger partial charge is 0.461 e. The summed E-state index contributed by atoms with van der Waals surface area (Å²) in [4.78, 5) is 25.5. The number of benzene rings is 1. The summed E-state index contributed by atoms with van der Waals surface area (Å²) in [7, 11) is 0. The summed E-state index contributed by atoms with van der Waals surface area (Å²) in [6, 6.07) is 10.6. The first-order valence-corrected chi connectivity index (χ1v) is 16.0. The SMILES string of the molecule is C=C(C)/C=C\C=C(/C)c1nc[nH]c1-c1ccc2ncc(-c3csc(C(=O)OCCC(C)C)c3)cc2c1.CCC[C@@H](N)CC. The molecule has 0 fully saturated rings. The summed E-state index contributed by atoms with van der Waals surface area (Å²) >= 11 is 1.40. The van der Waals surface area contributed by atoms with Gasteiger partial charge in [-0.2, -0.15) is 0 Å². The number of aromatic nitrogens is 3. The highest BCUT2D eigenvalue weighted by atomic mass is 32.1. The number of fused-ring (bicyclic) bond motifs is 1. The number of rotatable bonds is 12. The van der Waals surface area contributed by atoms with Crippen LogP contribution in [0.25, 0.3) is 38.9 Å². The van der Waals surface area contributed by atoms with Gasteiger partial charge < -0.3 is 15.5 Å². The Morgan fingerprint density at radius 3 is 2.53 bits per heavy atom. The van der Waals surface area contributed by atoms with Gasteiger partial charge in [0, 0.05) is 28.8 Å². The maximum atomic E-state index is 12.4. The van der Waals surface area contributed by atoms with E-state index < -0.39 is 0 Å². The second-order valence-electron chi connectivity index (χ2n) is 11.3. The predicted molar refractivity (Wildman–Crippen MR) is 183 cm³/mol. The van der Waals surface area contributed by atoms with Crippen molar-refractivity contribution >= 4 is 33.8 Å². The average Bonchev–Trinajstić information content (AvgIpc) is 3.67. The van der Waals surface area contributed by atoms with Crippen molar-refractivity contribution in [3.05, 3.63) is 89.2 Å². The minimum Gasteiger partial charge on any atom is -0.461 e. The van der Waals surface area contributed by atoms with Gasteiger partial charge in [0.2, 0.25) is 0 Å². The lowest BCUT2D eigenvalue weighted by Crippen LogP contribution is -2.17. The zero-order chi connectivity index (χ0) is 31.4. The van der Waals surface area contributed by atoms with Gasteiger partial charge in [0.1, 0.15) is 4.88 Å². The molecule has 0 spiro atoms. The maximum absolute atomic E-state index is 12.4. The number of thiophene rings is 1. The van der Waals surface area contributed by atoms with Crippen LogP contribution in [0.3, 0.4) is 0 Å². The third kappa shape index (κ3) is 10.2. The van der Waals surface area contributed by atoms with Crippen molar-refractivity contribution in [2.75, 3.05) is 6.61 Å². The van der Waals surface area contributed by atoms with E-state index in [0.717, 1.165) is 63.0 Å². The normalized spacial score (nSPS) is 12.4. The summed E-state index contributed by atoms with van der Waals surface area (Å²) < 4.78 is 5.42. The summed E-state index contributed by atoms with van der Waals surface area (Å²) in [5.41, 5.74) is 13.4. The Morgan fingerprint density at radius 2 is 1.86 bits per heavy atom. The third-order valence-electron chi connectivity index (χ3n) is 6.96. The number of carbonyl (C=O) groups excluding carboxylic acids is 1. The first-order valence-electron chi connectivity index (χ1n) is 15.1. The van der Waals surface area contributed by atoms with Gasteiger partial charge in [0.05, 0.1) is 29.8 Å². The van der Waals surface area contributed by atoms with Crippen LogP contribution in [-0.2, 0) is 4.74 Å². The molecule has 4 rings (SSSR count). The number of pyridine rings is 1. The van der Waals surface area contributed by atoms with Crippen LogP contribution in [0.1, 0.15) is 82.6 Å². The topological polar surface area (TPSA) is 93.9 Å². The minimum absolute atomic E-state index is 0.267. The van der Waals surface area contributed by atoms with Crippen LogP contribution in [0.4, 0.5) is 0 Å². The Labute approximate surface area is 260 Å². The number of imidazole rings is 1. The van der Waals surface area contributed by atoms with Crippen LogP contribution < -0.4 is 5.73 Å². The van der Waals surface area contributed by atoms with Crippen LogP contribution >= 0.6 is 11.3 Å². The first-order chi connectivity index (χ1) is 20.6. The molecule has 4 aromatic rings. The smallest absolute Gasteiger partial charge is 0.348 e. The van der Waals surface area contributed by atoms with Gasteiger partial charge in [-0.25, -0.2) is 9.78 Å². The summed E-state index contributed by atoms with van der Waals surface area (Å²) in [6.07, 6.45) is 13.9. The predicted octanol–water partition coefficient (Wildman–Crippen LogP) is 9.62. The van der Waals surface area contributed by atoms with E-state index >= 15 is 0 Å². The Hall–Kier alpha value is -3.81. The number of ether oxygens (including phenoxy) is 1. The molecule has 3 aromatic heterocycles. The monoisotopic (exact) mass is 598 g/mol. The number of carbonyl (C=O) groups is 1. The highest BCUT2D eigenvalue weighted by Crippen LogP contribution is 2.31. The molecule has 0 aliphatic rings. The molecule has 1 aromatic carbocycles. The number of hydrogen-bond acceptors (Lipinski definition) is 6. The Morgan fingerprint density at radius 1 is 1.09 bits per heavy atom. The fourth-order valence-corrected chi connectivity index (χ4v) is 5.13. The van der Waals surface area contributed by atoms with Gasteiger partial charge in [0.15, 0.2) is 0 Å². The van der Waals surface area contributed by atoms with E-state index in [2.05, 4.69) is 67.4 Å². The number of aromatic amines is 1. The molecule has 0 bridgehead atoms. The molecule has 3 N–H and O–H groups in total. The molecule has 0 saturated carbocycles. The zero-order valence-corrected chi connectivity index (χ0v) is 27.3. The lowest BCUT2D eigenvalue weighted by atomic mass is 10.0. The van der Waals surface area contributed by atoms with Crippen LogP contribution in [0.5, 0.6) is 0 Å². The number of H-pyrrole nitrogens is 1. The summed E-state index contributed by atoms with van der Waals surface area (Å²) in [5, 5.41) is 2.99. The van der Waals surface area contributed by atoms with E-state index in [9.17, 15) is 4.79 Å². The number of nitrogens with one attached hydrogen (secondary N) is 1. The van der Waals surface area contributed by atoms with Crippen molar-refractivity contribution in [3.8, 4) is 22.4 Å². The van der Waals surface area contributed by atoms with E-state index in [-0.39, 0.29) is 5.97 Å². The quantitative estimate of drug-likeness (QED) is 0.125. The zero-order valence-electron chi connectivity index (χ0n) is 26.4. The van der Waals surface area contributed by atoms with Crippen LogP contribution in [0.2, 0.25) is 0 Å². The molecule has 0 unspecified atom stereocenters. The minimum atomic E-state index is -0.267. The Balaban J connectivity index is 0.000000646. The van der Waals surface area contributed by atoms with Crippen LogP contribution in [-0.4, -0.2) is 33.6 Å². The van der Waals surface area contributed by atoms with E-state index in [1.165, 1.54) is 24.2 Å². The molecule has 228 valence electrons. The molecule has 6 nitrogen and oxygen atoms in total. The second-order valence-corrected chi connectivity index (χ2v) is 12.2. The van der Waals surface area contributed by atoms with Crippen molar-refractivity contribution in [3.63, 3.8) is 0 Å².